The molecule has 168 valence electrons. The third-order valence-electron chi connectivity index (χ3n) is 6.15. The van der Waals surface area contributed by atoms with Crippen LogP contribution in [0.2, 0.25) is 0 Å². The van der Waals surface area contributed by atoms with Gasteiger partial charge in [0.2, 0.25) is 0 Å². The maximum atomic E-state index is 14.7. The maximum absolute atomic E-state index is 14.7. The predicted molar refractivity (Wildman–Crippen MR) is 137 cm³/mol. The normalized spacial score (nSPS) is 13.5. The molecule has 2 aromatic heterocycles. The summed E-state index contributed by atoms with van der Waals surface area (Å²) in [5, 5.41) is 3.30. The molecule has 5 nitrogen and oxygen atoms in total. The smallest absolute Gasteiger partial charge is 0.341 e. The van der Waals surface area contributed by atoms with Gasteiger partial charge in [-0.3, -0.25) is 4.79 Å². The van der Waals surface area contributed by atoms with Crippen LogP contribution in [0.1, 0.15) is 35.7 Å². The van der Waals surface area contributed by atoms with Crippen LogP contribution in [0.4, 0.5) is 15.8 Å². The van der Waals surface area contributed by atoms with Crippen molar-refractivity contribution in [3.05, 3.63) is 89.4 Å². The molecule has 1 fully saturated rings. The van der Waals surface area contributed by atoms with Crippen LogP contribution in [0.5, 0.6) is 0 Å². The van der Waals surface area contributed by atoms with E-state index in [1.165, 1.54) is 6.07 Å². The number of aromatic nitrogens is 1. The van der Waals surface area contributed by atoms with Crippen molar-refractivity contribution in [1.82, 2.24) is 4.57 Å². The summed E-state index contributed by atoms with van der Waals surface area (Å²) in [6.07, 6.45) is 1.84. The standard InChI is InChI=1S/C26H22FIN2O3/c1-13-5-4-6-16(11-13)21-15(3)30(18-8-9-18)25(31)22-23(14(2)26(32)33-24(21)22)29-20-10-7-17(28)12-19(20)27/h4-7,10-12,18,29H,8-9H2,1-3H3. The third kappa shape index (κ3) is 3.78. The first-order valence-electron chi connectivity index (χ1n) is 10.8. The Kier molecular flexibility index (Phi) is 5.39. The summed E-state index contributed by atoms with van der Waals surface area (Å²) in [6.45, 7) is 5.47. The van der Waals surface area contributed by atoms with Gasteiger partial charge in [0.15, 0.2) is 5.58 Å². The summed E-state index contributed by atoms with van der Waals surface area (Å²) in [5.41, 5.74) is 3.54. The van der Waals surface area contributed by atoms with Crippen molar-refractivity contribution in [3.8, 4) is 11.1 Å². The highest BCUT2D eigenvalue weighted by Gasteiger charge is 2.31. The van der Waals surface area contributed by atoms with Crippen LogP contribution < -0.4 is 16.5 Å². The second-order valence-corrected chi connectivity index (χ2v) is 9.82. The summed E-state index contributed by atoms with van der Waals surface area (Å²) in [4.78, 5) is 26.6. The van der Waals surface area contributed by atoms with Gasteiger partial charge >= 0.3 is 5.63 Å². The zero-order valence-electron chi connectivity index (χ0n) is 18.5. The summed E-state index contributed by atoms with van der Waals surface area (Å²) in [7, 11) is 0. The van der Waals surface area contributed by atoms with Crippen LogP contribution in [0.3, 0.4) is 0 Å². The van der Waals surface area contributed by atoms with Gasteiger partial charge in [0.05, 0.1) is 16.9 Å². The van der Waals surface area contributed by atoms with E-state index in [0.29, 0.717) is 5.56 Å². The van der Waals surface area contributed by atoms with Gasteiger partial charge in [-0.1, -0.05) is 29.8 Å². The van der Waals surface area contributed by atoms with Crippen molar-refractivity contribution in [3.63, 3.8) is 0 Å². The molecule has 2 aromatic carbocycles. The molecular weight excluding hydrogens is 534 g/mol. The Hall–Kier alpha value is -2.94. The lowest BCUT2D eigenvalue weighted by Gasteiger charge is -2.19. The van der Waals surface area contributed by atoms with Crippen LogP contribution in [0.15, 0.2) is 56.5 Å². The topological polar surface area (TPSA) is 64.2 Å². The van der Waals surface area contributed by atoms with Crippen molar-refractivity contribution in [2.45, 2.75) is 39.7 Å². The Morgan fingerprint density at radius 2 is 1.85 bits per heavy atom. The number of fused-ring (bicyclic) bond motifs is 1. The van der Waals surface area contributed by atoms with Gasteiger partial charge in [-0.25, -0.2) is 9.18 Å². The van der Waals surface area contributed by atoms with Gasteiger partial charge in [0.1, 0.15) is 11.2 Å². The second-order valence-electron chi connectivity index (χ2n) is 8.58. The SMILES string of the molecule is Cc1cccc(-c2c(C)n(C3CC3)c(=O)c3c(Nc4ccc(I)cc4F)c(C)c(=O)oc23)c1. The fourth-order valence-corrected chi connectivity index (χ4v) is 4.81. The van der Waals surface area contributed by atoms with Gasteiger partial charge < -0.3 is 14.3 Å². The van der Waals surface area contributed by atoms with Crippen LogP contribution in [0.25, 0.3) is 22.1 Å². The van der Waals surface area contributed by atoms with Gasteiger partial charge in [0, 0.05) is 20.9 Å². The van der Waals surface area contributed by atoms with Crippen LogP contribution in [-0.2, 0) is 0 Å². The Labute approximate surface area is 203 Å². The molecule has 33 heavy (non-hydrogen) atoms. The molecule has 5 rings (SSSR count). The Morgan fingerprint density at radius 1 is 1.09 bits per heavy atom. The average molecular weight is 556 g/mol. The van der Waals surface area contributed by atoms with E-state index in [2.05, 4.69) is 5.32 Å². The van der Waals surface area contributed by atoms with E-state index < -0.39 is 11.4 Å². The van der Waals surface area contributed by atoms with Crippen LogP contribution in [-0.4, -0.2) is 4.57 Å². The summed E-state index contributed by atoms with van der Waals surface area (Å²) >= 11 is 2.03. The number of anilines is 2. The lowest BCUT2D eigenvalue weighted by Crippen LogP contribution is -2.25. The number of nitrogens with zero attached hydrogens (tertiary/aromatic N) is 1. The van der Waals surface area contributed by atoms with Crippen molar-refractivity contribution in [1.29, 1.82) is 0 Å². The molecule has 0 saturated heterocycles. The Balaban J connectivity index is 1.89. The number of aryl methyl sites for hydroxylation is 1. The molecule has 0 amide bonds. The molecule has 0 aliphatic heterocycles. The molecule has 7 heteroatoms. The average Bonchev–Trinajstić information content (AvgIpc) is 3.58. The Morgan fingerprint density at radius 3 is 2.52 bits per heavy atom. The fourth-order valence-electron chi connectivity index (χ4n) is 4.36. The molecule has 2 heterocycles. The first-order chi connectivity index (χ1) is 15.8. The second kappa shape index (κ2) is 8.13. The molecule has 0 spiro atoms. The van der Waals surface area contributed by atoms with Crippen LogP contribution in [0, 0.1) is 30.2 Å². The monoisotopic (exact) mass is 556 g/mol. The molecule has 1 aliphatic carbocycles. The molecular formula is C26H22FIN2O3. The minimum Gasteiger partial charge on any atom is -0.421 e. The number of hydrogen-bond donors (Lipinski definition) is 1. The first kappa shape index (κ1) is 21.9. The van der Waals surface area contributed by atoms with E-state index in [1.54, 1.807) is 23.6 Å². The quantitative estimate of drug-likeness (QED) is 0.297. The molecule has 1 aliphatic rings. The lowest BCUT2D eigenvalue weighted by molar-refractivity contribution is 0.553. The highest BCUT2D eigenvalue weighted by atomic mass is 127. The number of halogens is 2. The molecule has 0 unspecified atom stereocenters. The molecule has 0 bridgehead atoms. The number of hydrogen-bond acceptors (Lipinski definition) is 4. The summed E-state index contributed by atoms with van der Waals surface area (Å²) in [5.74, 6) is -0.462. The molecule has 4 aromatic rings. The minimum atomic E-state index is -0.562. The first-order valence-corrected chi connectivity index (χ1v) is 11.9. The molecule has 1 saturated carbocycles. The number of rotatable bonds is 4. The lowest BCUT2D eigenvalue weighted by atomic mass is 9.98. The van der Waals surface area contributed by atoms with Crippen molar-refractivity contribution in [2.24, 2.45) is 0 Å². The molecule has 0 atom stereocenters. The highest BCUT2D eigenvalue weighted by molar-refractivity contribution is 14.1. The summed E-state index contributed by atoms with van der Waals surface area (Å²) < 4.78 is 23.0. The third-order valence-corrected chi connectivity index (χ3v) is 6.82. The van der Waals surface area contributed by atoms with Crippen molar-refractivity contribution in [2.75, 3.05) is 5.32 Å². The number of nitrogens with one attached hydrogen (secondary N) is 1. The predicted octanol–water partition coefficient (Wildman–Crippen LogP) is 6.37. The van der Waals surface area contributed by atoms with E-state index in [0.717, 1.165) is 33.2 Å². The minimum absolute atomic E-state index is 0.112. The zero-order chi connectivity index (χ0) is 23.4. The van der Waals surface area contributed by atoms with Crippen molar-refractivity contribution < 1.29 is 8.81 Å². The van der Waals surface area contributed by atoms with Crippen LogP contribution >= 0.6 is 22.6 Å². The van der Waals surface area contributed by atoms with E-state index in [9.17, 15) is 14.0 Å². The number of pyridine rings is 1. The zero-order valence-corrected chi connectivity index (χ0v) is 20.6. The van der Waals surface area contributed by atoms with Gasteiger partial charge in [0.25, 0.3) is 5.56 Å². The van der Waals surface area contributed by atoms with Gasteiger partial charge in [-0.15, -0.1) is 0 Å². The van der Waals surface area contributed by atoms with Crippen molar-refractivity contribution >= 4 is 44.9 Å². The Bertz CT molecular complexity index is 1550. The summed E-state index contributed by atoms with van der Waals surface area (Å²) in [6, 6.07) is 12.8. The highest BCUT2D eigenvalue weighted by Crippen LogP contribution is 2.40. The van der Waals surface area contributed by atoms with Gasteiger partial charge in [-0.05, 0) is 80.0 Å². The maximum Gasteiger partial charge on any atom is 0.341 e. The molecule has 0 radical (unpaired) electrons. The van der Waals surface area contributed by atoms with Gasteiger partial charge in [-0.2, -0.15) is 0 Å². The van der Waals surface area contributed by atoms with E-state index in [-0.39, 0.29) is 39.5 Å². The molecule has 1 N–H and O–H groups in total. The largest absolute Gasteiger partial charge is 0.421 e. The van der Waals surface area contributed by atoms with E-state index in [1.807, 2.05) is 60.7 Å². The van der Waals surface area contributed by atoms with E-state index >= 15 is 0 Å². The van der Waals surface area contributed by atoms with E-state index in [4.69, 9.17) is 4.42 Å². The number of benzene rings is 2. The fraction of sp³-hybridized carbons (Fsp3) is 0.231.